The van der Waals surface area contributed by atoms with Crippen molar-refractivity contribution in [2.45, 2.75) is 0 Å². The van der Waals surface area contributed by atoms with Crippen LogP contribution < -0.4 is 0 Å². The number of fused-ring (bicyclic) bond motifs is 4. The topological polar surface area (TPSA) is 13.1 Å². The Labute approximate surface area is 188 Å². The Hall–Kier alpha value is -3.11. The summed E-state index contributed by atoms with van der Waals surface area (Å²) >= 11 is 2.40. The first-order valence-electron chi connectivity index (χ1n) is 9.98. The molecule has 142 valence electrons. The van der Waals surface area contributed by atoms with Gasteiger partial charge >= 0.3 is 0 Å². The second-order valence-corrected chi connectivity index (χ2v) is 8.68. The lowest BCUT2D eigenvalue weighted by atomic mass is 9.95. The molecule has 0 radical (unpaired) electrons. The van der Waals surface area contributed by atoms with Gasteiger partial charge in [0.1, 0.15) is 11.2 Å². The number of hydrogen-bond acceptors (Lipinski definition) is 1. The molecule has 0 atom stereocenters. The highest BCUT2D eigenvalue weighted by molar-refractivity contribution is 14.1. The van der Waals surface area contributed by atoms with E-state index >= 15 is 0 Å². The van der Waals surface area contributed by atoms with Gasteiger partial charge in [0.25, 0.3) is 0 Å². The summed E-state index contributed by atoms with van der Waals surface area (Å²) in [6.45, 7) is 0. The number of halogens is 1. The van der Waals surface area contributed by atoms with Crippen molar-refractivity contribution in [3.05, 3.63) is 107 Å². The van der Waals surface area contributed by atoms with Crippen LogP contribution in [0.2, 0.25) is 0 Å². The lowest BCUT2D eigenvalue weighted by Gasteiger charge is -2.08. The molecule has 6 aromatic rings. The first-order valence-corrected chi connectivity index (χ1v) is 11.1. The summed E-state index contributed by atoms with van der Waals surface area (Å²) in [5, 5.41) is 4.78. The normalized spacial score (nSPS) is 11.5. The Balaban J connectivity index is 1.77. The van der Waals surface area contributed by atoms with E-state index in [2.05, 4.69) is 126 Å². The minimum atomic E-state index is 0.956. The fourth-order valence-corrected chi connectivity index (χ4v) is 5.06. The monoisotopic (exact) mass is 496 g/mol. The van der Waals surface area contributed by atoms with Crippen molar-refractivity contribution in [2.75, 3.05) is 0 Å². The van der Waals surface area contributed by atoms with Gasteiger partial charge in [-0.1, -0.05) is 84.9 Å². The molecule has 5 aromatic carbocycles. The maximum atomic E-state index is 6.56. The van der Waals surface area contributed by atoms with Gasteiger partial charge in [0.2, 0.25) is 0 Å². The van der Waals surface area contributed by atoms with E-state index in [0.29, 0.717) is 0 Å². The molecule has 0 saturated heterocycles. The summed E-state index contributed by atoms with van der Waals surface area (Å²) in [4.78, 5) is 0. The lowest BCUT2D eigenvalue weighted by Crippen LogP contribution is -1.83. The summed E-state index contributed by atoms with van der Waals surface area (Å²) < 4.78 is 7.69. The van der Waals surface area contributed by atoms with Gasteiger partial charge in [-0.25, -0.2) is 0 Å². The van der Waals surface area contributed by atoms with Crippen LogP contribution in [0.4, 0.5) is 0 Å². The summed E-state index contributed by atoms with van der Waals surface area (Å²) in [5.74, 6) is 0. The van der Waals surface area contributed by atoms with E-state index in [9.17, 15) is 0 Å². The molecule has 1 nitrogen and oxygen atoms in total. The molecule has 2 heteroatoms. The molecular formula is C28H17IO. The van der Waals surface area contributed by atoms with Gasteiger partial charge in [-0.05, 0) is 68.3 Å². The van der Waals surface area contributed by atoms with Crippen molar-refractivity contribution in [2.24, 2.45) is 0 Å². The number of furan rings is 1. The van der Waals surface area contributed by atoms with Gasteiger partial charge in [-0.2, -0.15) is 0 Å². The van der Waals surface area contributed by atoms with Crippen molar-refractivity contribution in [3.8, 4) is 22.3 Å². The minimum Gasteiger partial charge on any atom is -0.454 e. The summed E-state index contributed by atoms with van der Waals surface area (Å²) in [6.07, 6.45) is 0. The zero-order chi connectivity index (χ0) is 20.1. The minimum absolute atomic E-state index is 0.956. The summed E-state index contributed by atoms with van der Waals surface area (Å²) in [6, 6.07) is 36.4. The van der Waals surface area contributed by atoms with Crippen LogP contribution in [0.5, 0.6) is 0 Å². The second-order valence-electron chi connectivity index (χ2n) is 7.52. The van der Waals surface area contributed by atoms with Crippen LogP contribution >= 0.6 is 22.6 Å². The first kappa shape index (κ1) is 17.7. The highest BCUT2D eigenvalue weighted by Gasteiger charge is 2.18. The second kappa shape index (κ2) is 6.99. The number of rotatable bonds is 2. The van der Waals surface area contributed by atoms with Gasteiger partial charge in [-0.15, -0.1) is 0 Å². The Kier molecular flexibility index (Phi) is 4.13. The molecule has 0 N–H and O–H groups in total. The predicted octanol–water partition coefficient (Wildman–Crippen LogP) is 8.68. The third kappa shape index (κ3) is 2.75. The smallest absolute Gasteiger partial charge is 0.148 e. The SMILES string of the molecule is Ic1cc(-c2ccccc2)cc2c1oc1c(-c3ccccc3)c3ccccc3cc12. The molecule has 1 heterocycles. The number of benzene rings is 5. The Morgan fingerprint density at radius 3 is 1.90 bits per heavy atom. The van der Waals surface area contributed by atoms with E-state index in [0.717, 1.165) is 20.3 Å². The highest BCUT2D eigenvalue weighted by Crippen LogP contribution is 2.43. The molecular weight excluding hydrogens is 479 g/mol. The van der Waals surface area contributed by atoms with E-state index in [1.54, 1.807) is 0 Å². The average Bonchev–Trinajstić information content (AvgIpc) is 3.17. The van der Waals surface area contributed by atoms with Crippen molar-refractivity contribution >= 4 is 55.3 Å². The van der Waals surface area contributed by atoms with Crippen molar-refractivity contribution in [3.63, 3.8) is 0 Å². The molecule has 0 spiro atoms. The molecule has 0 amide bonds. The fraction of sp³-hybridized carbons (Fsp3) is 0. The summed E-state index contributed by atoms with van der Waals surface area (Å²) in [5.41, 5.74) is 6.68. The van der Waals surface area contributed by atoms with E-state index in [4.69, 9.17) is 4.42 Å². The Morgan fingerprint density at radius 1 is 0.500 bits per heavy atom. The third-order valence-corrected chi connectivity index (χ3v) is 6.51. The molecule has 6 rings (SSSR count). The molecule has 1 aromatic heterocycles. The standard InChI is InChI=1S/C28H17IO/c29-25-17-21(18-9-3-1-4-10-18)16-23-24-15-20-13-7-8-14-22(20)26(28(24)30-27(23)25)19-11-5-2-6-12-19/h1-17H. The summed E-state index contributed by atoms with van der Waals surface area (Å²) in [7, 11) is 0. The third-order valence-electron chi connectivity index (χ3n) is 5.71. The highest BCUT2D eigenvalue weighted by atomic mass is 127. The molecule has 0 aliphatic rings. The zero-order valence-corrected chi connectivity index (χ0v) is 18.3. The fourth-order valence-electron chi connectivity index (χ4n) is 4.32. The van der Waals surface area contributed by atoms with Gasteiger partial charge < -0.3 is 4.42 Å². The van der Waals surface area contributed by atoms with E-state index < -0.39 is 0 Å². The van der Waals surface area contributed by atoms with Crippen LogP contribution in [-0.4, -0.2) is 0 Å². The van der Waals surface area contributed by atoms with Gasteiger partial charge in [0.15, 0.2) is 0 Å². The van der Waals surface area contributed by atoms with Crippen molar-refractivity contribution in [1.82, 2.24) is 0 Å². The van der Waals surface area contributed by atoms with Gasteiger partial charge in [0, 0.05) is 16.3 Å². The van der Waals surface area contributed by atoms with Crippen LogP contribution in [0, 0.1) is 3.57 Å². The van der Waals surface area contributed by atoms with E-state index in [-0.39, 0.29) is 0 Å². The van der Waals surface area contributed by atoms with Crippen molar-refractivity contribution in [1.29, 1.82) is 0 Å². The molecule has 0 bridgehead atoms. The lowest BCUT2D eigenvalue weighted by molar-refractivity contribution is 0.668. The Morgan fingerprint density at radius 2 is 1.13 bits per heavy atom. The predicted molar refractivity (Wildman–Crippen MR) is 135 cm³/mol. The molecule has 0 aliphatic heterocycles. The van der Waals surface area contributed by atoms with E-state index in [1.807, 2.05) is 0 Å². The number of hydrogen-bond donors (Lipinski definition) is 0. The quantitative estimate of drug-likeness (QED) is 0.219. The van der Waals surface area contributed by atoms with Crippen LogP contribution in [0.1, 0.15) is 0 Å². The molecule has 0 unspecified atom stereocenters. The maximum absolute atomic E-state index is 6.56. The first-order chi connectivity index (χ1) is 14.8. The molecule has 30 heavy (non-hydrogen) atoms. The Bertz CT molecular complexity index is 1530. The van der Waals surface area contributed by atoms with Crippen LogP contribution in [0.3, 0.4) is 0 Å². The van der Waals surface area contributed by atoms with Crippen molar-refractivity contribution < 1.29 is 4.42 Å². The van der Waals surface area contributed by atoms with Gasteiger partial charge in [0.05, 0.1) is 3.57 Å². The van der Waals surface area contributed by atoms with Crippen LogP contribution in [0.15, 0.2) is 108 Å². The maximum Gasteiger partial charge on any atom is 0.148 e. The zero-order valence-electron chi connectivity index (χ0n) is 16.1. The van der Waals surface area contributed by atoms with E-state index in [1.165, 1.54) is 38.2 Å². The van der Waals surface area contributed by atoms with Crippen LogP contribution in [0.25, 0.3) is 55.0 Å². The molecule has 0 fully saturated rings. The molecule has 0 saturated carbocycles. The van der Waals surface area contributed by atoms with Crippen LogP contribution in [-0.2, 0) is 0 Å². The largest absolute Gasteiger partial charge is 0.454 e. The average molecular weight is 496 g/mol. The van der Waals surface area contributed by atoms with Gasteiger partial charge in [-0.3, -0.25) is 0 Å². The molecule has 0 aliphatic carbocycles.